The van der Waals surface area contributed by atoms with E-state index in [1.54, 1.807) is 35.0 Å². The first-order valence-electron chi connectivity index (χ1n) is 12.9. The highest BCUT2D eigenvalue weighted by atomic mass is 79.9. The Balaban J connectivity index is 1.59. The van der Waals surface area contributed by atoms with Crippen molar-refractivity contribution in [2.24, 2.45) is 5.92 Å². The minimum Gasteiger partial charge on any atom is -0.343 e. The molecule has 2 aliphatic rings. The molecule has 216 valence electrons. The average Bonchev–Trinajstić information content (AvgIpc) is 2.92. The molecule has 0 radical (unpaired) electrons. The van der Waals surface area contributed by atoms with Crippen LogP contribution in [0.3, 0.4) is 0 Å². The number of amides is 3. The number of halogens is 6. The van der Waals surface area contributed by atoms with E-state index in [0.717, 1.165) is 17.7 Å². The summed E-state index contributed by atoms with van der Waals surface area (Å²) in [5.41, 5.74) is -0.239. The van der Waals surface area contributed by atoms with Crippen molar-refractivity contribution >= 4 is 56.9 Å². The summed E-state index contributed by atoms with van der Waals surface area (Å²) in [6.45, 7) is 3.27. The maximum atomic E-state index is 13.5. The molecule has 40 heavy (non-hydrogen) atoms. The van der Waals surface area contributed by atoms with Gasteiger partial charge in [-0.25, -0.2) is 0 Å². The first kappa shape index (κ1) is 30.7. The predicted molar refractivity (Wildman–Crippen MR) is 150 cm³/mol. The number of piperidine rings is 2. The third-order valence-corrected chi connectivity index (χ3v) is 9.04. The number of hydrogen-bond acceptors (Lipinski definition) is 3. The normalized spacial score (nSPS) is 20.4. The van der Waals surface area contributed by atoms with Crippen molar-refractivity contribution in [3.63, 3.8) is 0 Å². The topological polar surface area (TPSA) is 60.9 Å². The third-order valence-electron chi connectivity index (χ3n) is 7.84. The molecular weight excluding hydrogens is 634 g/mol. The number of alkyl halides is 3. The lowest BCUT2D eigenvalue weighted by Gasteiger charge is -2.44. The molecule has 2 saturated heterocycles. The van der Waals surface area contributed by atoms with Crippen LogP contribution in [0.4, 0.5) is 13.2 Å². The molecule has 2 atom stereocenters. The molecule has 2 fully saturated rings. The second-order valence-electron chi connectivity index (χ2n) is 10.3. The highest BCUT2D eigenvalue weighted by Crippen LogP contribution is 2.37. The SMILES string of the molecule is CC(=O)N1CCC(C(=O)N2CCC(N(C)C(=O)c3cc(Br)cc(C(F)(F)F)c3)C(c3ccc(Cl)c(Cl)c3)C2)CC1. The van der Waals surface area contributed by atoms with Gasteiger partial charge < -0.3 is 14.7 Å². The Kier molecular flexibility index (Phi) is 9.42. The second kappa shape index (κ2) is 12.3. The molecule has 12 heteroatoms. The largest absolute Gasteiger partial charge is 0.416 e. The molecule has 2 heterocycles. The third kappa shape index (κ3) is 6.77. The van der Waals surface area contributed by atoms with Crippen LogP contribution in [0.5, 0.6) is 0 Å². The quantitative estimate of drug-likeness (QED) is 0.376. The van der Waals surface area contributed by atoms with Gasteiger partial charge in [-0.3, -0.25) is 14.4 Å². The molecule has 3 amide bonds. The molecule has 0 saturated carbocycles. The molecule has 4 rings (SSSR count). The maximum absolute atomic E-state index is 13.5. The van der Waals surface area contributed by atoms with E-state index in [0.29, 0.717) is 55.5 Å². The fourth-order valence-corrected chi connectivity index (χ4v) is 6.40. The van der Waals surface area contributed by atoms with Crippen molar-refractivity contribution in [3.8, 4) is 0 Å². The van der Waals surface area contributed by atoms with Gasteiger partial charge in [0.25, 0.3) is 5.91 Å². The van der Waals surface area contributed by atoms with Crippen molar-refractivity contribution in [1.29, 1.82) is 0 Å². The van der Waals surface area contributed by atoms with Crippen LogP contribution in [0.1, 0.15) is 53.6 Å². The summed E-state index contributed by atoms with van der Waals surface area (Å²) in [6.07, 6.45) is -3.02. The Morgan fingerprint density at radius 2 is 1.60 bits per heavy atom. The molecule has 2 aromatic rings. The van der Waals surface area contributed by atoms with E-state index in [-0.39, 0.29) is 33.7 Å². The molecule has 2 aliphatic heterocycles. The number of benzene rings is 2. The van der Waals surface area contributed by atoms with Crippen molar-refractivity contribution in [1.82, 2.24) is 14.7 Å². The monoisotopic (exact) mass is 661 g/mol. The smallest absolute Gasteiger partial charge is 0.343 e. The van der Waals surface area contributed by atoms with E-state index in [4.69, 9.17) is 23.2 Å². The van der Waals surface area contributed by atoms with E-state index in [1.165, 1.54) is 17.9 Å². The molecular formula is C28H29BrCl2F3N3O3. The summed E-state index contributed by atoms with van der Waals surface area (Å²) < 4.78 is 40.4. The van der Waals surface area contributed by atoms with Crippen LogP contribution >= 0.6 is 39.1 Å². The first-order chi connectivity index (χ1) is 18.8. The van der Waals surface area contributed by atoms with Gasteiger partial charge in [0.15, 0.2) is 0 Å². The lowest BCUT2D eigenvalue weighted by molar-refractivity contribution is -0.141. The number of hydrogen-bond donors (Lipinski definition) is 0. The zero-order valence-corrected chi connectivity index (χ0v) is 25.1. The van der Waals surface area contributed by atoms with Gasteiger partial charge in [0.1, 0.15) is 0 Å². The predicted octanol–water partition coefficient (Wildman–Crippen LogP) is 6.49. The molecule has 2 aromatic carbocycles. The molecule has 2 unspecified atom stereocenters. The highest BCUT2D eigenvalue weighted by molar-refractivity contribution is 9.10. The van der Waals surface area contributed by atoms with Crippen LogP contribution in [0.25, 0.3) is 0 Å². The fraction of sp³-hybridized carbons (Fsp3) is 0.464. The minimum atomic E-state index is -4.60. The summed E-state index contributed by atoms with van der Waals surface area (Å²) in [7, 11) is 1.57. The van der Waals surface area contributed by atoms with Gasteiger partial charge in [0, 0.05) is 68.1 Å². The summed E-state index contributed by atoms with van der Waals surface area (Å²) >= 11 is 15.6. The summed E-state index contributed by atoms with van der Waals surface area (Å²) in [5.74, 6) is -1.12. The molecule has 0 spiro atoms. The van der Waals surface area contributed by atoms with Crippen LogP contribution < -0.4 is 0 Å². The summed E-state index contributed by atoms with van der Waals surface area (Å²) in [4.78, 5) is 43.7. The maximum Gasteiger partial charge on any atom is 0.416 e. The van der Waals surface area contributed by atoms with Gasteiger partial charge in [-0.05, 0) is 55.2 Å². The zero-order chi connectivity index (χ0) is 29.4. The van der Waals surface area contributed by atoms with Crippen LogP contribution in [0.15, 0.2) is 40.9 Å². The molecule has 6 nitrogen and oxygen atoms in total. The Labute approximate surface area is 249 Å². The number of nitrogens with zero attached hydrogens (tertiary/aromatic N) is 3. The Morgan fingerprint density at radius 3 is 2.20 bits per heavy atom. The number of rotatable bonds is 4. The number of likely N-dealkylation sites (N-methyl/N-ethyl adjacent to an activating group) is 1. The van der Waals surface area contributed by atoms with E-state index in [9.17, 15) is 27.6 Å². The Hall–Kier alpha value is -2.30. The highest BCUT2D eigenvalue weighted by Gasteiger charge is 2.40. The summed E-state index contributed by atoms with van der Waals surface area (Å²) in [5, 5.41) is 0.690. The number of likely N-dealkylation sites (tertiary alicyclic amines) is 2. The van der Waals surface area contributed by atoms with Crippen LogP contribution in [-0.2, 0) is 15.8 Å². The Morgan fingerprint density at radius 1 is 0.950 bits per heavy atom. The van der Waals surface area contributed by atoms with E-state index < -0.39 is 23.7 Å². The minimum absolute atomic E-state index is 0.00232. The van der Waals surface area contributed by atoms with E-state index >= 15 is 0 Å². The van der Waals surface area contributed by atoms with Crippen LogP contribution in [0.2, 0.25) is 10.0 Å². The Bertz CT molecular complexity index is 1300. The van der Waals surface area contributed by atoms with Crippen molar-refractivity contribution < 1.29 is 27.6 Å². The van der Waals surface area contributed by atoms with Crippen LogP contribution in [0, 0.1) is 5.92 Å². The molecule has 0 aliphatic carbocycles. The summed E-state index contributed by atoms with van der Waals surface area (Å²) in [6, 6.07) is 7.89. The molecule has 0 bridgehead atoms. The fourth-order valence-electron chi connectivity index (χ4n) is 5.60. The standard InChI is InChI=1S/C28H29BrCl2F3N3O3/c1-16(38)36-8-5-17(6-9-36)27(40)37-10-7-25(22(15-37)18-3-4-23(30)24(31)13-18)35(2)26(39)19-11-20(28(32,33)34)14-21(29)12-19/h3-4,11-14,17,22,25H,5-10,15H2,1-2H3. The van der Waals surface area contributed by atoms with Gasteiger partial charge >= 0.3 is 6.18 Å². The van der Waals surface area contributed by atoms with E-state index in [2.05, 4.69) is 15.9 Å². The van der Waals surface area contributed by atoms with Crippen molar-refractivity contribution in [3.05, 3.63) is 67.6 Å². The van der Waals surface area contributed by atoms with Crippen molar-refractivity contribution in [2.75, 3.05) is 33.2 Å². The van der Waals surface area contributed by atoms with Gasteiger partial charge in [-0.1, -0.05) is 45.2 Å². The average molecular weight is 663 g/mol. The lowest BCUT2D eigenvalue weighted by atomic mass is 9.83. The number of carbonyl (C=O) groups is 3. The molecule has 0 aromatic heterocycles. The van der Waals surface area contributed by atoms with Crippen molar-refractivity contribution in [2.45, 2.75) is 44.3 Å². The van der Waals surface area contributed by atoms with Gasteiger partial charge in [0.2, 0.25) is 11.8 Å². The van der Waals surface area contributed by atoms with E-state index in [1.807, 2.05) is 0 Å². The lowest BCUT2D eigenvalue weighted by Crippen LogP contribution is -2.53. The van der Waals surface area contributed by atoms with Crippen LogP contribution in [-0.4, -0.2) is 71.7 Å². The zero-order valence-electron chi connectivity index (χ0n) is 22.0. The van der Waals surface area contributed by atoms with Gasteiger partial charge in [-0.15, -0.1) is 0 Å². The number of carbonyl (C=O) groups excluding carboxylic acids is 3. The first-order valence-corrected chi connectivity index (χ1v) is 14.5. The van der Waals surface area contributed by atoms with Gasteiger partial charge in [-0.2, -0.15) is 13.2 Å². The molecule has 0 N–H and O–H groups in total. The second-order valence-corrected chi connectivity index (χ2v) is 12.1. The van der Waals surface area contributed by atoms with Gasteiger partial charge in [0.05, 0.1) is 15.6 Å².